The zero-order chi connectivity index (χ0) is 42.4. The highest BCUT2D eigenvalue weighted by Gasteiger charge is 2.92. The van der Waals surface area contributed by atoms with Gasteiger partial charge in [-0.3, -0.25) is 38.5 Å². The molecule has 19 nitrogen and oxygen atoms in total. The predicted octanol–water partition coefficient (Wildman–Crippen LogP) is 0.863. The fourth-order valence-electron chi connectivity index (χ4n) is 9.18. The van der Waals surface area contributed by atoms with Crippen LogP contribution in [0.15, 0.2) is 18.5 Å². The summed E-state index contributed by atoms with van der Waals surface area (Å²) in [5.41, 5.74) is -9.68. The number of pyridine rings is 1. The minimum absolute atomic E-state index is 0.0290. The van der Waals surface area contributed by atoms with Gasteiger partial charge in [0, 0.05) is 53.9 Å². The van der Waals surface area contributed by atoms with E-state index in [1.165, 1.54) is 26.2 Å². The van der Waals surface area contributed by atoms with Gasteiger partial charge in [-0.25, -0.2) is 4.79 Å². The second kappa shape index (κ2) is 15.6. The Kier molecular flexibility index (Phi) is 11.8. The number of esters is 8. The number of aliphatic hydroxyl groups is 1. The molecule has 4 bridgehead atoms. The van der Waals surface area contributed by atoms with Gasteiger partial charge in [-0.15, -0.1) is 0 Å². The molecule has 2 aliphatic heterocycles. The maximum atomic E-state index is 14.1. The SMILES string of the molecule is CC(=O)OC[C@]12[C@H](OC(C)=O)[C@H](OC(C)=O)[C@@H]3[C@@H](OC(C)=O)[C@@]14OC3(C)COC(=O)c1cnccc1CCC(C)C(=O)O[C@@H]([C@H](OC(C)=O)[C@@H]2OC(C)=O)[C@]4(C)O. The molecule has 57 heavy (non-hydrogen) atoms. The summed E-state index contributed by atoms with van der Waals surface area (Å²) < 4.78 is 54.2. The normalized spacial score (nSPS) is 37.1. The van der Waals surface area contributed by atoms with Crippen molar-refractivity contribution in [3.8, 4) is 0 Å². The number of cyclic esters (lactones) is 1. The van der Waals surface area contributed by atoms with E-state index in [1.807, 2.05) is 0 Å². The van der Waals surface area contributed by atoms with Crippen LogP contribution in [0, 0.1) is 17.3 Å². The average Bonchev–Trinajstić information content (AvgIpc) is 3.32. The minimum atomic E-state index is -2.80. The number of rotatable bonds is 7. The van der Waals surface area contributed by atoms with Crippen molar-refractivity contribution < 1.29 is 86.1 Å². The summed E-state index contributed by atoms with van der Waals surface area (Å²) in [4.78, 5) is 111. The fourth-order valence-corrected chi connectivity index (χ4v) is 9.18. The first-order valence-corrected chi connectivity index (χ1v) is 18.3. The summed E-state index contributed by atoms with van der Waals surface area (Å²) >= 11 is 0. The van der Waals surface area contributed by atoms with Crippen LogP contribution >= 0.6 is 0 Å². The van der Waals surface area contributed by atoms with Gasteiger partial charge < -0.3 is 47.7 Å². The molecule has 0 aromatic carbocycles. The van der Waals surface area contributed by atoms with E-state index in [0.717, 1.165) is 48.5 Å². The van der Waals surface area contributed by atoms with E-state index in [0.29, 0.717) is 5.56 Å². The highest BCUT2D eigenvalue weighted by Crippen LogP contribution is 2.70. The first-order valence-electron chi connectivity index (χ1n) is 18.3. The van der Waals surface area contributed by atoms with E-state index >= 15 is 0 Å². The Morgan fingerprint density at radius 2 is 1.35 bits per heavy atom. The van der Waals surface area contributed by atoms with Gasteiger partial charge in [-0.1, -0.05) is 6.92 Å². The zero-order valence-corrected chi connectivity index (χ0v) is 33.0. The van der Waals surface area contributed by atoms with E-state index in [9.17, 15) is 43.5 Å². The molecule has 1 saturated heterocycles. The highest BCUT2D eigenvalue weighted by molar-refractivity contribution is 5.90. The number of hydrogen-bond acceptors (Lipinski definition) is 19. The maximum absolute atomic E-state index is 14.1. The van der Waals surface area contributed by atoms with Gasteiger partial charge >= 0.3 is 47.8 Å². The molecule has 1 aromatic rings. The smallest absolute Gasteiger partial charge is 0.340 e. The second-order valence-electron chi connectivity index (χ2n) is 15.3. The molecule has 1 aromatic heterocycles. The Labute approximate surface area is 327 Å². The molecule has 5 rings (SSSR count). The number of nitrogens with zero attached hydrogens (tertiary/aromatic N) is 1. The number of carbonyl (C=O) groups excluding carboxylic acids is 8. The number of ether oxygens (including phenoxy) is 9. The number of aromatic nitrogens is 1. The molecule has 4 aliphatic rings. The summed E-state index contributed by atoms with van der Waals surface area (Å²) in [6.07, 6.45) is -8.92. The summed E-state index contributed by atoms with van der Waals surface area (Å²) in [5, 5.41) is 13.4. The molecule has 3 fully saturated rings. The van der Waals surface area contributed by atoms with Gasteiger partial charge in [-0.2, -0.15) is 0 Å². The lowest BCUT2D eigenvalue weighted by Crippen LogP contribution is -2.89. The van der Waals surface area contributed by atoms with Crippen LogP contribution in [0.2, 0.25) is 0 Å². The molecule has 0 radical (unpaired) electrons. The van der Waals surface area contributed by atoms with E-state index in [-0.39, 0.29) is 18.4 Å². The highest BCUT2D eigenvalue weighted by atomic mass is 16.7. The second-order valence-corrected chi connectivity index (χ2v) is 15.3. The van der Waals surface area contributed by atoms with Gasteiger partial charge in [0.2, 0.25) is 0 Å². The molecule has 2 saturated carbocycles. The predicted molar refractivity (Wildman–Crippen MR) is 185 cm³/mol. The van der Waals surface area contributed by atoms with Crippen molar-refractivity contribution >= 4 is 47.8 Å². The van der Waals surface area contributed by atoms with Crippen LogP contribution in [-0.2, 0) is 82.6 Å². The standard InChI is InChI=1S/C38H47NO18/c1-17-10-11-24-12-13-39-14-25(24)34(47)50-15-35(8)26-27(51-19(3)41)31(54-22(6)44)37(16-49-18(2)40)32(55-23(7)45)28(52-20(4)42)30(56-33(17)46)36(9,48)38(37,57-35)29(26)53-21(5)43/h12-14,17,26-32,48H,10-11,15-16H2,1-9H3/t17?,26-,27-,28+,29-,30+,31-,32+,35?,36+,37-,38+/m1/s1. The summed E-state index contributed by atoms with van der Waals surface area (Å²) in [6.45, 7) is 8.17. The van der Waals surface area contributed by atoms with E-state index < -0.39 is 132 Å². The molecular formula is C38H47NO18. The van der Waals surface area contributed by atoms with Crippen molar-refractivity contribution in [3.63, 3.8) is 0 Å². The molecule has 12 atom stereocenters. The Hall–Kier alpha value is -5.17. The molecule has 2 unspecified atom stereocenters. The van der Waals surface area contributed by atoms with Gasteiger partial charge in [-0.05, 0) is 38.3 Å². The third-order valence-corrected chi connectivity index (χ3v) is 11.2. The van der Waals surface area contributed by atoms with Crippen LogP contribution in [-0.4, -0.2) is 124 Å². The third-order valence-electron chi connectivity index (χ3n) is 11.2. The third kappa shape index (κ3) is 7.30. The van der Waals surface area contributed by atoms with Crippen LogP contribution < -0.4 is 0 Å². The maximum Gasteiger partial charge on any atom is 0.340 e. The molecular weight excluding hydrogens is 758 g/mol. The van der Waals surface area contributed by atoms with Crippen molar-refractivity contribution in [1.82, 2.24) is 4.98 Å². The van der Waals surface area contributed by atoms with E-state index in [1.54, 1.807) is 6.07 Å². The fraction of sp³-hybridized carbons (Fsp3) is 0.658. The van der Waals surface area contributed by atoms with E-state index in [2.05, 4.69) is 4.98 Å². The number of aryl methyl sites for hydroxylation is 1. The number of fused-ring (bicyclic) bond motifs is 5. The summed E-state index contributed by atoms with van der Waals surface area (Å²) in [5.74, 6) is -10.5. The Morgan fingerprint density at radius 3 is 1.91 bits per heavy atom. The average molecular weight is 806 g/mol. The minimum Gasteiger partial charge on any atom is -0.465 e. The summed E-state index contributed by atoms with van der Waals surface area (Å²) in [6, 6.07) is 1.56. The zero-order valence-electron chi connectivity index (χ0n) is 33.0. The van der Waals surface area contributed by atoms with E-state index in [4.69, 9.17) is 42.6 Å². The van der Waals surface area contributed by atoms with Crippen molar-refractivity contribution in [2.45, 2.75) is 129 Å². The molecule has 2 aliphatic carbocycles. The Morgan fingerprint density at radius 1 is 0.807 bits per heavy atom. The van der Waals surface area contributed by atoms with Crippen molar-refractivity contribution in [3.05, 3.63) is 29.6 Å². The molecule has 312 valence electrons. The van der Waals surface area contributed by atoms with Crippen LogP contribution in [0.4, 0.5) is 0 Å². The molecule has 19 heteroatoms. The van der Waals surface area contributed by atoms with Gasteiger partial charge in [0.15, 0.2) is 30.0 Å². The summed E-state index contributed by atoms with van der Waals surface area (Å²) in [7, 11) is 0. The van der Waals surface area contributed by atoms with Crippen molar-refractivity contribution in [1.29, 1.82) is 0 Å². The van der Waals surface area contributed by atoms with Crippen LogP contribution in [0.25, 0.3) is 0 Å². The lowest BCUT2D eigenvalue weighted by atomic mass is 9.45. The topological polar surface area (TPSA) is 253 Å². The van der Waals surface area contributed by atoms with Gasteiger partial charge in [0.1, 0.15) is 42.0 Å². The largest absolute Gasteiger partial charge is 0.465 e. The van der Waals surface area contributed by atoms with Gasteiger partial charge in [0.05, 0.1) is 17.4 Å². The number of carbonyl (C=O) groups is 8. The molecule has 3 heterocycles. The lowest BCUT2D eigenvalue weighted by molar-refractivity contribution is -0.386. The number of hydrogen-bond donors (Lipinski definition) is 1. The van der Waals surface area contributed by atoms with Crippen molar-refractivity contribution in [2.75, 3.05) is 13.2 Å². The Balaban J connectivity index is 1.99. The first kappa shape index (κ1) is 43.0. The van der Waals surface area contributed by atoms with Crippen LogP contribution in [0.5, 0.6) is 0 Å². The first-order chi connectivity index (χ1) is 26.5. The van der Waals surface area contributed by atoms with Gasteiger partial charge in [0.25, 0.3) is 0 Å². The molecule has 1 spiro atoms. The quantitative estimate of drug-likeness (QED) is 0.296. The lowest BCUT2D eigenvalue weighted by Gasteiger charge is -2.67. The van der Waals surface area contributed by atoms with Crippen LogP contribution in [0.3, 0.4) is 0 Å². The molecule has 0 amide bonds. The molecule has 1 N–H and O–H groups in total. The van der Waals surface area contributed by atoms with Crippen molar-refractivity contribution in [2.24, 2.45) is 17.3 Å². The Bertz CT molecular complexity index is 1840. The monoisotopic (exact) mass is 805 g/mol. The van der Waals surface area contributed by atoms with Crippen LogP contribution in [0.1, 0.15) is 84.7 Å².